The molecule has 1 aromatic carbocycles. The normalized spacial score (nSPS) is 18.2. The average Bonchev–Trinajstić information content (AvgIpc) is 2.58. The molecule has 1 N–H and O–H groups in total. The van der Waals surface area contributed by atoms with Crippen LogP contribution in [0.5, 0.6) is 0 Å². The van der Waals surface area contributed by atoms with Gasteiger partial charge in [0.15, 0.2) is 5.96 Å². The first-order chi connectivity index (χ1) is 11.6. The highest BCUT2D eigenvalue weighted by atomic mass is 127. The maximum absolute atomic E-state index is 4.90. The minimum atomic E-state index is 0. The lowest BCUT2D eigenvalue weighted by Crippen LogP contribution is -2.48. The molecule has 0 spiro atoms. The predicted octanol–water partition coefficient (Wildman–Crippen LogP) is 3.66. The van der Waals surface area contributed by atoms with E-state index in [0.717, 1.165) is 43.9 Å². The molecule has 0 aromatic heterocycles. The van der Waals surface area contributed by atoms with Gasteiger partial charge in [-0.1, -0.05) is 31.2 Å². The van der Waals surface area contributed by atoms with Crippen molar-refractivity contribution >= 4 is 41.7 Å². The molecule has 1 atom stereocenters. The Kier molecular flexibility index (Phi) is 10.8. The highest BCUT2D eigenvalue weighted by Crippen LogP contribution is 2.21. The molecule has 25 heavy (non-hydrogen) atoms. The van der Waals surface area contributed by atoms with Crippen LogP contribution < -0.4 is 5.32 Å². The van der Waals surface area contributed by atoms with Gasteiger partial charge in [0.2, 0.25) is 0 Å². The van der Waals surface area contributed by atoms with E-state index in [1.54, 1.807) is 0 Å². The van der Waals surface area contributed by atoms with Crippen molar-refractivity contribution in [2.24, 2.45) is 4.99 Å². The summed E-state index contributed by atoms with van der Waals surface area (Å²) in [6.45, 7) is 9.25. The van der Waals surface area contributed by atoms with Gasteiger partial charge >= 0.3 is 0 Å². The van der Waals surface area contributed by atoms with Gasteiger partial charge in [0.1, 0.15) is 0 Å². The standard InChI is InChI=1S/C19H32N4S.HI/c1-5-18-15-23(10-11-24-18)19(20-6-2)21-13-16-8-7-9-17(12-16)14-22(3)4;/h7-9,12,18H,5-6,10-11,13-15H2,1-4H3,(H,20,21);1H. The molecule has 1 aromatic rings. The zero-order chi connectivity index (χ0) is 17.4. The molecule has 1 heterocycles. The molecule has 6 heteroatoms. The van der Waals surface area contributed by atoms with Crippen LogP contribution in [0.3, 0.4) is 0 Å². The predicted molar refractivity (Wildman–Crippen MR) is 122 cm³/mol. The van der Waals surface area contributed by atoms with Crippen molar-refractivity contribution in [3.8, 4) is 0 Å². The highest BCUT2D eigenvalue weighted by Gasteiger charge is 2.21. The molecule has 0 radical (unpaired) electrons. The van der Waals surface area contributed by atoms with Gasteiger partial charge in [0.25, 0.3) is 0 Å². The van der Waals surface area contributed by atoms with Crippen LogP contribution in [-0.4, -0.2) is 60.5 Å². The summed E-state index contributed by atoms with van der Waals surface area (Å²) < 4.78 is 0. The maximum Gasteiger partial charge on any atom is 0.194 e. The van der Waals surface area contributed by atoms with E-state index in [2.05, 4.69) is 79.1 Å². The fourth-order valence-corrected chi connectivity index (χ4v) is 4.12. The molecule has 1 fully saturated rings. The van der Waals surface area contributed by atoms with Gasteiger partial charge in [0.05, 0.1) is 6.54 Å². The first kappa shape index (κ1) is 22.6. The number of hydrogen-bond donors (Lipinski definition) is 1. The summed E-state index contributed by atoms with van der Waals surface area (Å²) in [7, 11) is 4.21. The SMILES string of the molecule is CCNC(=NCc1cccc(CN(C)C)c1)N1CCSC(CC)C1.I. The van der Waals surface area contributed by atoms with Crippen LogP contribution in [0.2, 0.25) is 0 Å². The molecule has 1 aliphatic heterocycles. The van der Waals surface area contributed by atoms with E-state index < -0.39 is 0 Å². The Morgan fingerprint density at radius 3 is 2.76 bits per heavy atom. The van der Waals surface area contributed by atoms with Gasteiger partial charge in [-0.25, -0.2) is 4.99 Å². The Morgan fingerprint density at radius 2 is 2.08 bits per heavy atom. The van der Waals surface area contributed by atoms with Crippen molar-refractivity contribution in [1.29, 1.82) is 0 Å². The van der Waals surface area contributed by atoms with Crippen molar-refractivity contribution in [3.63, 3.8) is 0 Å². The zero-order valence-electron chi connectivity index (χ0n) is 16.0. The number of aliphatic imine (C=N–C) groups is 1. The topological polar surface area (TPSA) is 30.9 Å². The first-order valence-corrected chi connectivity index (χ1v) is 10.0. The number of halogens is 1. The summed E-state index contributed by atoms with van der Waals surface area (Å²) in [5, 5.41) is 4.20. The third kappa shape index (κ3) is 7.74. The fraction of sp³-hybridized carbons (Fsp3) is 0.632. The van der Waals surface area contributed by atoms with Crippen LogP contribution in [0, 0.1) is 0 Å². The van der Waals surface area contributed by atoms with Crippen LogP contribution in [-0.2, 0) is 13.1 Å². The fourth-order valence-electron chi connectivity index (χ4n) is 2.94. The quantitative estimate of drug-likeness (QED) is 0.386. The van der Waals surface area contributed by atoms with Gasteiger partial charge in [0, 0.05) is 37.2 Å². The van der Waals surface area contributed by atoms with Crippen molar-refractivity contribution < 1.29 is 0 Å². The minimum absolute atomic E-state index is 0. The van der Waals surface area contributed by atoms with E-state index in [1.165, 1.54) is 23.3 Å². The van der Waals surface area contributed by atoms with Crippen molar-refractivity contribution in [2.75, 3.05) is 39.5 Å². The van der Waals surface area contributed by atoms with Crippen molar-refractivity contribution in [1.82, 2.24) is 15.1 Å². The third-order valence-electron chi connectivity index (χ3n) is 4.13. The molecule has 4 nitrogen and oxygen atoms in total. The largest absolute Gasteiger partial charge is 0.357 e. The molecule has 2 rings (SSSR count). The smallest absolute Gasteiger partial charge is 0.194 e. The average molecular weight is 476 g/mol. The maximum atomic E-state index is 4.90. The molecule has 1 saturated heterocycles. The Balaban J connectivity index is 0.00000312. The number of nitrogens with one attached hydrogen (secondary N) is 1. The number of guanidine groups is 1. The second kappa shape index (κ2) is 12.0. The lowest BCUT2D eigenvalue weighted by atomic mass is 10.1. The van der Waals surface area contributed by atoms with Gasteiger partial charge in [-0.15, -0.1) is 24.0 Å². The van der Waals surface area contributed by atoms with Crippen LogP contribution in [0.4, 0.5) is 0 Å². The number of benzene rings is 1. The third-order valence-corrected chi connectivity index (χ3v) is 5.50. The van der Waals surface area contributed by atoms with Gasteiger partial charge in [-0.2, -0.15) is 11.8 Å². The zero-order valence-corrected chi connectivity index (χ0v) is 19.1. The molecule has 1 unspecified atom stereocenters. The summed E-state index contributed by atoms with van der Waals surface area (Å²) in [6.07, 6.45) is 1.23. The van der Waals surface area contributed by atoms with E-state index in [0.29, 0.717) is 0 Å². The summed E-state index contributed by atoms with van der Waals surface area (Å²) in [5.74, 6) is 2.26. The molecule has 1 aliphatic rings. The molecule has 0 aliphatic carbocycles. The summed E-state index contributed by atoms with van der Waals surface area (Å²) in [5.41, 5.74) is 2.63. The molecule has 0 saturated carbocycles. The van der Waals surface area contributed by atoms with E-state index in [1.807, 2.05) is 0 Å². The van der Waals surface area contributed by atoms with Gasteiger partial charge < -0.3 is 15.1 Å². The van der Waals surface area contributed by atoms with E-state index in [4.69, 9.17) is 4.99 Å². The van der Waals surface area contributed by atoms with E-state index >= 15 is 0 Å². The van der Waals surface area contributed by atoms with Crippen LogP contribution in [0.15, 0.2) is 29.3 Å². The number of thioether (sulfide) groups is 1. The van der Waals surface area contributed by atoms with Crippen molar-refractivity contribution in [3.05, 3.63) is 35.4 Å². The number of rotatable bonds is 6. The lowest BCUT2D eigenvalue weighted by molar-refractivity contribution is 0.402. The second-order valence-corrected chi connectivity index (χ2v) is 7.98. The Hall–Kier alpha value is -0.470. The first-order valence-electron chi connectivity index (χ1n) is 8.99. The Bertz CT molecular complexity index is 536. The van der Waals surface area contributed by atoms with Gasteiger partial charge in [-0.3, -0.25) is 0 Å². The summed E-state index contributed by atoms with van der Waals surface area (Å²) in [6, 6.07) is 8.77. The van der Waals surface area contributed by atoms with E-state index in [-0.39, 0.29) is 24.0 Å². The van der Waals surface area contributed by atoms with Gasteiger partial charge in [-0.05, 0) is 38.6 Å². The Labute approximate surface area is 174 Å². The highest BCUT2D eigenvalue weighted by molar-refractivity contribution is 14.0. The van der Waals surface area contributed by atoms with E-state index in [9.17, 15) is 0 Å². The Morgan fingerprint density at radius 1 is 1.32 bits per heavy atom. The monoisotopic (exact) mass is 476 g/mol. The molecule has 0 amide bonds. The minimum Gasteiger partial charge on any atom is -0.357 e. The van der Waals surface area contributed by atoms with Crippen LogP contribution in [0.25, 0.3) is 0 Å². The molecular weight excluding hydrogens is 443 g/mol. The van der Waals surface area contributed by atoms with Crippen LogP contribution in [0.1, 0.15) is 31.4 Å². The summed E-state index contributed by atoms with van der Waals surface area (Å²) >= 11 is 2.10. The number of nitrogens with zero attached hydrogens (tertiary/aromatic N) is 3. The second-order valence-electron chi connectivity index (χ2n) is 6.57. The van der Waals surface area contributed by atoms with Crippen LogP contribution >= 0.6 is 35.7 Å². The summed E-state index contributed by atoms with van der Waals surface area (Å²) in [4.78, 5) is 9.53. The molecular formula is C19H33IN4S. The molecule has 0 bridgehead atoms. The molecule has 142 valence electrons. The lowest BCUT2D eigenvalue weighted by Gasteiger charge is -2.34. The number of hydrogen-bond acceptors (Lipinski definition) is 3. The van der Waals surface area contributed by atoms with Crippen molar-refractivity contribution in [2.45, 2.75) is 38.6 Å².